The number of unbranched alkanes of at least 4 members (excludes halogenated alkanes) is 12. The fraction of sp³-hybridized carbons (Fsp3) is 0.848. The minimum atomic E-state index is -1.14. The molecule has 0 aliphatic rings. The van der Waals surface area contributed by atoms with E-state index < -0.39 is 35.7 Å². The quantitative estimate of drug-likeness (QED) is 0.0608. The fourth-order valence-corrected chi connectivity index (χ4v) is 5.74. The van der Waals surface area contributed by atoms with E-state index >= 15 is 0 Å². The zero-order chi connectivity index (χ0) is 30.2. The molecule has 0 aliphatic heterocycles. The second kappa shape index (κ2) is 23.8. The summed E-state index contributed by atoms with van der Waals surface area (Å²) in [5, 5.41) is 31.4. The van der Waals surface area contributed by atoms with Gasteiger partial charge in [-0.1, -0.05) is 97.6 Å². The summed E-state index contributed by atoms with van der Waals surface area (Å²) in [7, 11) is 0. The molecule has 7 heteroatoms. The van der Waals surface area contributed by atoms with Gasteiger partial charge in [-0.05, 0) is 51.4 Å². The molecule has 0 saturated heterocycles. The number of rotatable bonds is 28. The number of allylic oxidation sites excluding steroid dienone is 2. The minimum Gasteiger partial charge on any atom is -0.550 e. The van der Waals surface area contributed by atoms with E-state index in [2.05, 4.69) is 19.1 Å². The molecule has 3 atom stereocenters. The van der Waals surface area contributed by atoms with Crippen molar-refractivity contribution in [1.82, 2.24) is 0 Å². The van der Waals surface area contributed by atoms with Gasteiger partial charge in [0.15, 0.2) is 0 Å². The molecule has 0 radical (unpaired) electrons. The summed E-state index contributed by atoms with van der Waals surface area (Å²) in [6, 6.07) is 0. The number of carbonyl (C=O) groups excluding carboxylic acids is 1. The second-order valence-corrected chi connectivity index (χ2v) is 11.9. The highest BCUT2D eigenvalue weighted by atomic mass is 16.4. The molecule has 40 heavy (non-hydrogen) atoms. The first-order valence-electron chi connectivity index (χ1n) is 16.3. The Balaban J connectivity index is 4.84. The lowest BCUT2D eigenvalue weighted by Crippen LogP contribution is -2.59. The van der Waals surface area contributed by atoms with Gasteiger partial charge in [0.25, 0.3) is 0 Å². The van der Waals surface area contributed by atoms with Crippen molar-refractivity contribution in [2.45, 2.75) is 137 Å². The topological polar surface area (TPSA) is 115 Å². The SMILES string of the molecule is CCC/C=C/CCCCCCCCCCCCC[N+](CC(CC)C(=O)[O-])(CC(CC)C(=O)O)CC(CC)C(=O)O. The molecule has 0 aromatic heterocycles. The first-order valence-corrected chi connectivity index (χ1v) is 16.3. The highest BCUT2D eigenvalue weighted by Gasteiger charge is 2.39. The Morgan fingerprint density at radius 3 is 1.35 bits per heavy atom. The summed E-state index contributed by atoms with van der Waals surface area (Å²) in [5.41, 5.74) is 0. The lowest BCUT2D eigenvalue weighted by atomic mass is 9.95. The van der Waals surface area contributed by atoms with Crippen LogP contribution in [0.1, 0.15) is 137 Å². The van der Waals surface area contributed by atoms with Crippen LogP contribution in [0.15, 0.2) is 12.2 Å². The average molecular weight is 568 g/mol. The van der Waals surface area contributed by atoms with Gasteiger partial charge >= 0.3 is 11.9 Å². The monoisotopic (exact) mass is 567 g/mol. The van der Waals surface area contributed by atoms with Crippen LogP contribution in [0, 0.1) is 17.8 Å². The smallest absolute Gasteiger partial charge is 0.312 e. The highest BCUT2D eigenvalue weighted by molar-refractivity contribution is 5.70. The van der Waals surface area contributed by atoms with Crippen LogP contribution in [-0.4, -0.2) is 58.8 Å². The van der Waals surface area contributed by atoms with Crippen molar-refractivity contribution < 1.29 is 34.2 Å². The molecular formula is C33H61NO6. The third kappa shape index (κ3) is 17.7. The van der Waals surface area contributed by atoms with Crippen LogP contribution < -0.4 is 5.11 Å². The van der Waals surface area contributed by atoms with E-state index in [0.29, 0.717) is 25.8 Å². The number of carboxylic acids is 3. The molecule has 7 nitrogen and oxygen atoms in total. The average Bonchev–Trinajstić information content (AvgIpc) is 2.92. The zero-order valence-electron chi connectivity index (χ0n) is 26.2. The van der Waals surface area contributed by atoms with E-state index in [4.69, 9.17) is 0 Å². The van der Waals surface area contributed by atoms with Gasteiger partial charge in [0.05, 0.1) is 32.1 Å². The molecule has 0 bridgehead atoms. The minimum absolute atomic E-state index is 0.219. The van der Waals surface area contributed by atoms with Gasteiger partial charge in [0.1, 0.15) is 11.8 Å². The van der Waals surface area contributed by atoms with Crippen molar-refractivity contribution in [3.63, 3.8) is 0 Å². The number of hydrogen-bond acceptors (Lipinski definition) is 4. The van der Waals surface area contributed by atoms with E-state index in [0.717, 1.165) is 25.7 Å². The molecule has 0 heterocycles. The largest absolute Gasteiger partial charge is 0.550 e. The number of quaternary nitrogens is 1. The molecule has 0 rings (SSSR count). The number of hydrogen-bond donors (Lipinski definition) is 2. The Bertz CT molecular complexity index is 647. The second-order valence-electron chi connectivity index (χ2n) is 11.9. The Hall–Kier alpha value is -1.89. The molecule has 0 amide bonds. The van der Waals surface area contributed by atoms with E-state index in [1.54, 1.807) is 6.92 Å². The maximum atomic E-state index is 12.0. The van der Waals surface area contributed by atoms with Crippen molar-refractivity contribution >= 4 is 17.9 Å². The molecule has 0 saturated carbocycles. The van der Waals surface area contributed by atoms with Crippen molar-refractivity contribution in [1.29, 1.82) is 0 Å². The van der Waals surface area contributed by atoms with Crippen LogP contribution in [-0.2, 0) is 14.4 Å². The van der Waals surface area contributed by atoms with Crippen LogP contribution in [0.4, 0.5) is 0 Å². The molecule has 0 aromatic rings. The molecule has 2 N–H and O–H groups in total. The zero-order valence-corrected chi connectivity index (χ0v) is 26.2. The van der Waals surface area contributed by atoms with Crippen molar-refractivity contribution in [3.8, 4) is 0 Å². The molecule has 0 aliphatic carbocycles. The van der Waals surface area contributed by atoms with Gasteiger partial charge in [0, 0.05) is 5.92 Å². The lowest BCUT2D eigenvalue weighted by Gasteiger charge is -2.44. The van der Waals surface area contributed by atoms with Crippen LogP contribution in [0.25, 0.3) is 0 Å². The van der Waals surface area contributed by atoms with Gasteiger partial charge in [-0.3, -0.25) is 9.59 Å². The fourth-order valence-electron chi connectivity index (χ4n) is 5.74. The standard InChI is InChI=1S/C33H61NO6/c1-5-9-10-11-12-13-14-15-16-17-18-19-20-21-22-23-24-34(25-28(6-2)31(35)36,26-29(7-3)32(37)38)27-30(8-4)33(39)40/h10-11,28-30H,5-9,12-27H2,1-4H3,(H2-,35,36,37,38,39,40)/b11-10+. The van der Waals surface area contributed by atoms with Crippen LogP contribution in [0.5, 0.6) is 0 Å². The predicted molar refractivity (Wildman–Crippen MR) is 161 cm³/mol. The summed E-state index contributed by atoms with van der Waals surface area (Å²) < 4.78 is 0.219. The number of carboxylic acid groups (broad SMARTS) is 3. The summed E-state index contributed by atoms with van der Waals surface area (Å²) in [6.07, 6.45) is 22.5. The van der Waals surface area contributed by atoms with E-state index in [-0.39, 0.29) is 24.1 Å². The molecule has 234 valence electrons. The Morgan fingerprint density at radius 1 is 0.600 bits per heavy atom. The van der Waals surface area contributed by atoms with Crippen molar-refractivity contribution in [3.05, 3.63) is 12.2 Å². The first-order chi connectivity index (χ1) is 19.2. The first kappa shape index (κ1) is 38.1. The summed E-state index contributed by atoms with van der Waals surface area (Å²) in [5.74, 6) is -4.95. The van der Waals surface area contributed by atoms with E-state index in [1.165, 1.54) is 64.2 Å². The maximum Gasteiger partial charge on any atom is 0.312 e. The van der Waals surface area contributed by atoms with Gasteiger partial charge < -0.3 is 24.6 Å². The number of aliphatic carboxylic acids is 3. The summed E-state index contributed by atoms with van der Waals surface area (Å²) in [4.78, 5) is 35.8. The Labute approximate surface area is 245 Å². The van der Waals surface area contributed by atoms with E-state index in [9.17, 15) is 29.7 Å². The molecule has 0 aromatic carbocycles. The van der Waals surface area contributed by atoms with Crippen molar-refractivity contribution in [2.24, 2.45) is 17.8 Å². The summed E-state index contributed by atoms with van der Waals surface area (Å²) in [6.45, 7) is 8.99. The third-order valence-electron chi connectivity index (χ3n) is 8.46. The number of nitrogens with zero attached hydrogens (tertiary/aromatic N) is 1. The van der Waals surface area contributed by atoms with Gasteiger partial charge in [-0.2, -0.15) is 0 Å². The third-order valence-corrected chi connectivity index (χ3v) is 8.46. The Kier molecular flexibility index (Phi) is 22.7. The van der Waals surface area contributed by atoms with Crippen LogP contribution in [0.2, 0.25) is 0 Å². The Morgan fingerprint density at radius 2 is 0.975 bits per heavy atom. The van der Waals surface area contributed by atoms with Crippen LogP contribution >= 0.6 is 0 Å². The molecular weight excluding hydrogens is 506 g/mol. The number of carbonyl (C=O) groups is 3. The maximum absolute atomic E-state index is 12.0. The van der Waals surface area contributed by atoms with Crippen molar-refractivity contribution in [2.75, 3.05) is 26.2 Å². The molecule has 0 spiro atoms. The normalized spacial score (nSPS) is 15.5. The van der Waals surface area contributed by atoms with E-state index in [1.807, 2.05) is 13.8 Å². The van der Waals surface area contributed by atoms with Crippen LogP contribution in [0.3, 0.4) is 0 Å². The molecule has 3 unspecified atom stereocenters. The van der Waals surface area contributed by atoms with Gasteiger partial charge in [-0.15, -0.1) is 0 Å². The van der Waals surface area contributed by atoms with Gasteiger partial charge in [-0.25, -0.2) is 0 Å². The lowest BCUT2D eigenvalue weighted by molar-refractivity contribution is -0.935. The van der Waals surface area contributed by atoms with Gasteiger partial charge in [0.2, 0.25) is 0 Å². The predicted octanol–water partition coefficient (Wildman–Crippen LogP) is 6.84. The highest BCUT2D eigenvalue weighted by Crippen LogP contribution is 2.25. The molecule has 0 fully saturated rings. The summed E-state index contributed by atoms with van der Waals surface area (Å²) >= 11 is 0.